The summed E-state index contributed by atoms with van der Waals surface area (Å²) in [5.41, 5.74) is 8.72. The molecule has 2 aliphatic carbocycles. The van der Waals surface area contributed by atoms with Crippen molar-refractivity contribution in [1.82, 2.24) is 9.97 Å². The average molecular weight is 409 g/mol. The molecule has 5 rings (SSSR count). The van der Waals surface area contributed by atoms with Crippen LogP contribution in [0.1, 0.15) is 56.7 Å². The largest absolute Gasteiger partial charge is 0.488 e. The molecule has 3 fully saturated rings. The molecule has 0 atom stereocenters. The molecule has 3 aliphatic rings. The van der Waals surface area contributed by atoms with Gasteiger partial charge in [-0.05, 0) is 50.8 Å². The molecule has 2 heterocycles. The van der Waals surface area contributed by atoms with E-state index >= 15 is 0 Å². The molecular weight excluding hydrogens is 378 g/mol. The number of morpholine rings is 1. The van der Waals surface area contributed by atoms with Crippen LogP contribution in [-0.4, -0.2) is 46.6 Å². The number of hydrogen-bond donors (Lipinski definition) is 2. The van der Waals surface area contributed by atoms with Crippen LogP contribution in [0.25, 0.3) is 0 Å². The van der Waals surface area contributed by atoms with Gasteiger partial charge in [-0.15, -0.1) is 0 Å². The fraction of sp³-hybridized carbons (Fsp3) is 0.522. The van der Waals surface area contributed by atoms with Crippen LogP contribution in [0.15, 0.2) is 30.6 Å². The van der Waals surface area contributed by atoms with Gasteiger partial charge in [0.05, 0.1) is 17.8 Å². The monoisotopic (exact) mass is 408 g/mol. The van der Waals surface area contributed by atoms with Crippen molar-refractivity contribution in [2.24, 2.45) is 0 Å². The first-order valence-corrected chi connectivity index (χ1v) is 10.9. The fourth-order valence-corrected chi connectivity index (χ4v) is 4.56. The summed E-state index contributed by atoms with van der Waals surface area (Å²) in [6.45, 7) is 4.53. The number of hydrogen-bond acceptors (Lipinski definition) is 6. The molecule has 0 radical (unpaired) electrons. The lowest BCUT2D eigenvalue weighted by Gasteiger charge is -2.41. The number of nitrogen functional groups attached to an aromatic ring is 1. The zero-order valence-corrected chi connectivity index (χ0v) is 17.6. The number of rotatable bonds is 5. The van der Waals surface area contributed by atoms with Gasteiger partial charge in [0.25, 0.3) is 0 Å². The number of benzene rings is 1. The van der Waals surface area contributed by atoms with Crippen LogP contribution in [0.5, 0.6) is 5.75 Å². The van der Waals surface area contributed by atoms with E-state index in [1.165, 1.54) is 12.8 Å². The summed E-state index contributed by atoms with van der Waals surface area (Å²) in [7, 11) is 0. The minimum Gasteiger partial charge on any atom is -0.488 e. The first-order valence-electron chi connectivity index (χ1n) is 10.9. The Kier molecular flexibility index (Phi) is 4.65. The second kappa shape index (κ2) is 7.23. The number of ether oxygens (including phenoxy) is 2. The minimum atomic E-state index is -0.0588. The highest BCUT2D eigenvalue weighted by molar-refractivity contribution is 6.11. The van der Waals surface area contributed by atoms with Crippen molar-refractivity contribution < 1.29 is 14.9 Å². The zero-order valence-electron chi connectivity index (χ0n) is 17.6. The Balaban J connectivity index is 1.38. The molecule has 1 saturated heterocycles. The Morgan fingerprint density at radius 2 is 1.97 bits per heavy atom. The lowest BCUT2D eigenvalue weighted by Crippen LogP contribution is -2.50. The average Bonchev–Trinajstić information content (AvgIpc) is 3.32. The molecule has 1 aromatic heterocycles. The molecular formula is C23H30N5O2+. The van der Waals surface area contributed by atoms with Crippen LogP contribution < -0.4 is 20.8 Å². The molecule has 2 saturated carbocycles. The predicted molar refractivity (Wildman–Crippen MR) is 116 cm³/mol. The van der Waals surface area contributed by atoms with E-state index < -0.39 is 0 Å². The van der Waals surface area contributed by atoms with Crippen molar-refractivity contribution in [3.63, 3.8) is 0 Å². The highest BCUT2D eigenvalue weighted by Gasteiger charge is 2.41. The van der Waals surface area contributed by atoms with Gasteiger partial charge in [-0.1, -0.05) is 12.8 Å². The van der Waals surface area contributed by atoms with Gasteiger partial charge in [-0.2, -0.15) is 0 Å². The van der Waals surface area contributed by atoms with Crippen LogP contribution in [-0.2, 0) is 4.74 Å². The van der Waals surface area contributed by atoms with E-state index in [0.29, 0.717) is 17.1 Å². The van der Waals surface area contributed by atoms with E-state index in [4.69, 9.17) is 20.6 Å². The predicted octanol–water partition coefficient (Wildman–Crippen LogP) is 1.74. The van der Waals surface area contributed by atoms with E-state index in [0.717, 1.165) is 62.5 Å². The summed E-state index contributed by atoms with van der Waals surface area (Å²) in [5, 5.41) is 6.53. The van der Waals surface area contributed by atoms with E-state index in [1.807, 2.05) is 24.3 Å². The van der Waals surface area contributed by atoms with Crippen LogP contribution in [0.2, 0.25) is 0 Å². The smallest absolute Gasteiger partial charge is 0.232 e. The molecule has 1 aromatic carbocycles. The number of anilines is 2. The fourth-order valence-electron chi connectivity index (χ4n) is 4.56. The Labute approximate surface area is 177 Å². The third-order valence-electron chi connectivity index (χ3n) is 6.65. The van der Waals surface area contributed by atoms with E-state index in [1.54, 1.807) is 6.33 Å². The summed E-state index contributed by atoms with van der Waals surface area (Å²) in [6, 6.07) is 7.61. The standard InChI is InChI=1S/C23H29N5O2/c1-22(8-9-22)30-16-4-5-18(24)17(12-16)21(25)19-13-20(27-15-26-19)28-10-11-29-23(14-28)6-2-3-7-23/h4-5,12-13,15,25H,2-3,6-11,14,24H2,1H3/p+1. The van der Waals surface area contributed by atoms with Crippen LogP contribution in [0.3, 0.4) is 0 Å². The molecule has 0 bridgehead atoms. The Bertz CT molecular complexity index is 966. The van der Waals surface area contributed by atoms with Crippen molar-refractivity contribution >= 4 is 17.2 Å². The van der Waals surface area contributed by atoms with Crippen LogP contribution >= 0.6 is 0 Å². The Morgan fingerprint density at radius 3 is 2.73 bits per heavy atom. The molecule has 0 amide bonds. The van der Waals surface area contributed by atoms with Crippen LogP contribution in [0.4, 0.5) is 11.5 Å². The van der Waals surface area contributed by atoms with E-state index in [2.05, 4.69) is 21.8 Å². The van der Waals surface area contributed by atoms with Crippen molar-refractivity contribution in [3.8, 4) is 5.75 Å². The highest BCUT2D eigenvalue weighted by Crippen LogP contribution is 2.40. The third kappa shape index (κ3) is 3.74. The molecule has 0 unspecified atom stereocenters. The van der Waals surface area contributed by atoms with Gasteiger partial charge in [-0.3, -0.25) is 5.41 Å². The van der Waals surface area contributed by atoms with Crippen molar-refractivity contribution in [2.45, 2.75) is 56.7 Å². The molecule has 158 valence electrons. The van der Waals surface area contributed by atoms with E-state index in [-0.39, 0.29) is 11.2 Å². The lowest BCUT2D eigenvalue weighted by atomic mass is 9.99. The van der Waals surface area contributed by atoms with E-state index in [9.17, 15) is 0 Å². The molecule has 4 N–H and O–H groups in total. The lowest BCUT2D eigenvalue weighted by molar-refractivity contribution is -0.111. The number of nitrogens with zero attached hydrogens (tertiary/aromatic N) is 3. The SMILES string of the molecule is CC1(Oc2ccc(N)c(C(=[NH2+])c3cc(N4CCOC5(CCCC5)C4)ncn3)c2)CC1. The number of nitrogens with two attached hydrogens (primary N) is 2. The normalized spacial score (nSPS) is 21.6. The quantitative estimate of drug-likeness (QED) is 0.578. The summed E-state index contributed by atoms with van der Waals surface area (Å²) >= 11 is 0. The summed E-state index contributed by atoms with van der Waals surface area (Å²) in [6.07, 6.45) is 8.44. The Morgan fingerprint density at radius 1 is 1.17 bits per heavy atom. The maximum absolute atomic E-state index is 6.53. The van der Waals surface area contributed by atoms with Gasteiger partial charge < -0.3 is 20.1 Å². The molecule has 1 spiro atoms. The zero-order chi connectivity index (χ0) is 20.8. The maximum atomic E-state index is 6.53. The second-order valence-electron chi connectivity index (χ2n) is 9.14. The van der Waals surface area contributed by atoms with Gasteiger partial charge in [0, 0.05) is 24.8 Å². The summed E-state index contributed by atoms with van der Waals surface area (Å²) in [5.74, 6) is 1.67. The number of aromatic nitrogens is 2. The molecule has 7 heteroatoms. The van der Waals surface area contributed by atoms with Gasteiger partial charge >= 0.3 is 0 Å². The Hall–Kier alpha value is -2.67. The molecule has 2 aromatic rings. The first kappa shape index (κ1) is 19.3. The second-order valence-corrected chi connectivity index (χ2v) is 9.14. The van der Waals surface area contributed by atoms with Crippen molar-refractivity contribution in [3.05, 3.63) is 41.9 Å². The van der Waals surface area contributed by atoms with Gasteiger partial charge in [-0.25, -0.2) is 9.97 Å². The summed E-state index contributed by atoms with van der Waals surface area (Å²) in [4.78, 5) is 11.3. The molecule has 7 nitrogen and oxygen atoms in total. The van der Waals surface area contributed by atoms with Gasteiger partial charge in [0.15, 0.2) is 0 Å². The molecule has 30 heavy (non-hydrogen) atoms. The van der Waals surface area contributed by atoms with Crippen molar-refractivity contribution in [1.29, 1.82) is 0 Å². The third-order valence-corrected chi connectivity index (χ3v) is 6.65. The van der Waals surface area contributed by atoms with Gasteiger partial charge in [0.1, 0.15) is 29.2 Å². The first-order chi connectivity index (χ1) is 14.5. The topological polar surface area (TPSA) is 99.1 Å². The summed E-state index contributed by atoms with van der Waals surface area (Å²) < 4.78 is 12.2. The van der Waals surface area contributed by atoms with Crippen molar-refractivity contribution in [2.75, 3.05) is 30.3 Å². The highest BCUT2D eigenvalue weighted by atomic mass is 16.5. The van der Waals surface area contributed by atoms with Gasteiger partial charge in [0.2, 0.25) is 5.71 Å². The minimum absolute atomic E-state index is 0.0202. The maximum Gasteiger partial charge on any atom is 0.232 e. The molecule has 1 aliphatic heterocycles. The van der Waals surface area contributed by atoms with Crippen LogP contribution in [0, 0.1) is 0 Å².